The van der Waals surface area contributed by atoms with E-state index in [0.29, 0.717) is 5.56 Å². The number of rotatable bonds is 6. The van der Waals surface area contributed by atoms with Crippen LogP contribution in [0.5, 0.6) is 0 Å². The first-order valence-corrected chi connectivity index (χ1v) is 8.68. The summed E-state index contributed by atoms with van der Waals surface area (Å²) in [6.45, 7) is 0. The van der Waals surface area contributed by atoms with Gasteiger partial charge in [-0.1, -0.05) is 15.9 Å². The van der Waals surface area contributed by atoms with Crippen LogP contribution in [-0.2, 0) is 0 Å². The largest absolute Gasteiger partial charge is 0.355 e. The Bertz CT molecular complexity index is 1080. The lowest BCUT2D eigenvalue weighted by Gasteiger charge is -2.11. The molecule has 0 aliphatic heterocycles. The molecule has 0 atom stereocenters. The van der Waals surface area contributed by atoms with Gasteiger partial charge in [0, 0.05) is 21.8 Å². The Kier molecular flexibility index (Phi) is 5.93. The van der Waals surface area contributed by atoms with Gasteiger partial charge in [-0.05, 0) is 36.4 Å². The molecule has 0 bridgehead atoms. The number of nitro groups is 1. The summed E-state index contributed by atoms with van der Waals surface area (Å²) < 4.78 is 27.2. The molecular weight excluding hydrogens is 454 g/mol. The summed E-state index contributed by atoms with van der Waals surface area (Å²) in [6, 6.07) is 9.29. The molecule has 2 aromatic carbocycles. The fourth-order valence-corrected chi connectivity index (χ4v) is 2.50. The second kappa shape index (κ2) is 8.56. The molecule has 0 spiro atoms. The summed E-state index contributed by atoms with van der Waals surface area (Å²) in [5.41, 5.74) is 4.41. The van der Waals surface area contributed by atoms with E-state index in [1.807, 2.05) is 0 Å². The van der Waals surface area contributed by atoms with E-state index in [1.54, 1.807) is 24.3 Å². The first-order chi connectivity index (χ1) is 13.8. The van der Waals surface area contributed by atoms with Gasteiger partial charge in [0.25, 0.3) is 5.91 Å². The summed E-state index contributed by atoms with van der Waals surface area (Å²) in [5.74, 6) is -3.34. The highest BCUT2D eigenvalue weighted by Crippen LogP contribution is 2.31. The van der Waals surface area contributed by atoms with Crippen molar-refractivity contribution in [1.29, 1.82) is 0 Å². The molecule has 29 heavy (non-hydrogen) atoms. The lowest BCUT2D eigenvalue weighted by atomic mass is 10.2. The maximum atomic E-state index is 13.4. The van der Waals surface area contributed by atoms with E-state index < -0.39 is 28.2 Å². The number of carbonyl (C=O) groups excluding carboxylic acids is 1. The van der Waals surface area contributed by atoms with Crippen molar-refractivity contribution in [2.45, 2.75) is 0 Å². The van der Waals surface area contributed by atoms with Crippen LogP contribution in [-0.4, -0.2) is 20.8 Å². The zero-order valence-electron chi connectivity index (χ0n) is 14.3. The molecular formula is C17H11BrF2N6O3. The van der Waals surface area contributed by atoms with Crippen molar-refractivity contribution in [1.82, 2.24) is 15.4 Å². The van der Waals surface area contributed by atoms with Gasteiger partial charge < -0.3 is 5.32 Å². The Morgan fingerprint density at radius 3 is 2.38 bits per heavy atom. The van der Waals surface area contributed by atoms with E-state index in [2.05, 4.69) is 42.1 Å². The van der Waals surface area contributed by atoms with Gasteiger partial charge in [0.15, 0.2) is 11.6 Å². The Hall–Kier alpha value is -3.67. The fourth-order valence-electron chi connectivity index (χ4n) is 2.23. The number of hydrogen-bond acceptors (Lipinski definition) is 7. The van der Waals surface area contributed by atoms with Crippen LogP contribution in [0.3, 0.4) is 0 Å². The van der Waals surface area contributed by atoms with E-state index in [1.165, 1.54) is 6.07 Å². The van der Waals surface area contributed by atoms with Crippen molar-refractivity contribution in [3.05, 3.63) is 80.6 Å². The van der Waals surface area contributed by atoms with Crippen LogP contribution in [0, 0.1) is 21.7 Å². The van der Waals surface area contributed by atoms with E-state index in [4.69, 9.17) is 0 Å². The number of aromatic nitrogens is 2. The van der Waals surface area contributed by atoms with E-state index >= 15 is 0 Å². The Morgan fingerprint density at radius 1 is 1.03 bits per heavy atom. The van der Waals surface area contributed by atoms with Crippen molar-refractivity contribution in [3.63, 3.8) is 0 Å². The molecule has 0 radical (unpaired) electrons. The van der Waals surface area contributed by atoms with Crippen LogP contribution in [0.4, 0.5) is 31.8 Å². The second-order valence-electron chi connectivity index (χ2n) is 5.52. The number of hydrazine groups is 1. The lowest BCUT2D eigenvalue weighted by molar-refractivity contribution is -0.383. The fraction of sp³-hybridized carbons (Fsp3) is 0. The van der Waals surface area contributed by atoms with E-state index in [0.717, 1.165) is 22.9 Å². The molecule has 0 saturated carbocycles. The molecule has 0 unspecified atom stereocenters. The third-order valence-electron chi connectivity index (χ3n) is 3.59. The van der Waals surface area contributed by atoms with Gasteiger partial charge in [-0.2, -0.15) is 0 Å². The minimum absolute atomic E-state index is 0.0375. The minimum Gasteiger partial charge on any atom is -0.334 e. The van der Waals surface area contributed by atoms with E-state index in [-0.39, 0.29) is 17.3 Å². The first kappa shape index (κ1) is 20.1. The van der Waals surface area contributed by atoms with Crippen LogP contribution < -0.4 is 16.2 Å². The van der Waals surface area contributed by atoms with Gasteiger partial charge in [-0.15, -0.1) is 0 Å². The Balaban J connectivity index is 1.82. The van der Waals surface area contributed by atoms with Crippen LogP contribution >= 0.6 is 15.9 Å². The number of benzene rings is 2. The minimum atomic E-state index is -1.13. The summed E-state index contributed by atoms with van der Waals surface area (Å²) >= 11 is 3.25. The molecule has 3 aromatic rings. The second-order valence-corrected chi connectivity index (χ2v) is 6.43. The van der Waals surface area contributed by atoms with Gasteiger partial charge in [0.2, 0.25) is 11.6 Å². The smallest absolute Gasteiger partial charge is 0.334 e. The molecule has 0 aliphatic rings. The van der Waals surface area contributed by atoms with Crippen molar-refractivity contribution < 1.29 is 18.5 Å². The van der Waals surface area contributed by atoms with Crippen LogP contribution in [0.15, 0.2) is 53.3 Å². The maximum absolute atomic E-state index is 13.4. The van der Waals surface area contributed by atoms with E-state index in [9.17, 15) is 23.7 Å². The normalized spacial score (nSPS) is 10.3. The van der Waals surface area contributed by atoms with Crippen molar-refractivity contribution in [2.24, 2.45) is 0 Å². The molecule has 0 saturated heterocycles. The summed E-state index contributed by atoms with van der Waals surface area (Å²) in [4.78, 5) is 30.4. The van der Waals surface area contributed by atoms with Crippen LogP contribution in [0.2, 0.25) is 0 Å². The average molecular weight is 465 g/mol. The number of nitrogens with zero attached hydrogens (tertiary/aromatic N) is 3. The number of nitrogens with one attached hydrogen (secondary N) is 3. The zero-order valence-corrected chi connectivity index (χ0v) is 15.9. The molecule has 148 valence electrons. The SMILES string of the molecule is O=C(NNc1ncnc(Nc2ccc(F)c(F)c2)c1[N+](=O)[O-])c1ccc(Br)cc1. The highest BCUT2D eigenvalue weighted by atomic mass is 79.9. The summed E-state index contributed by atoms with van der Waals surface area (Å²) in [5, 5.41) is 14.0. The van der Waals surface area contributed by atoms with Crippen molar-refractivity contribution in [2.75, 3.05) is 10.7 Å². The summed E-state index contributed by atoms with van der Waals surface area (Å²) in [6.07, 6.45) is 1.00. The molecule has 0 fully saturated rings. The molecule has 1 amide bonds. The quantitative estimate of drug-likeness (QED) is 0.373. The van der Waals surface area contributed by atoms with Crippen LogP contribution in [0.1, 0.15) is 10.4 Å². The van der Waals surface area contributed by atoms with Crippen LogP contribution in [0.25, 0.3) is 0 Å². The Morgan fingerprint density at radius 2 is 1.72 bits per heavy atom. The predicted molar refractivity (Wildman–Crippen MR) is 104 cm³/mol. The topological polar surface area (TPSA) is 122 Å². The molecule has 12 heteroatoms. The third-order valence-corrected chi connectivity index (χ3v) is 4.12. The van der Waals surface area contributed by atoms with Crippen molar-refractivity contribution in [3.8, 4) is 0 Å². The van der Waals surface area contributed by atoms with Gasteiger partial charge >= 0.3 is 5.69 Å². The summed E-state index contributed by atoms with van der Waals surface area (Å²) in [7, 11) is 0. The van der Waals surface area contributed by atoms with Gasteiger partial charge in [0.1, 0.15) is 6.33 Å². The number of anilines is 3. The zero-order chi connectivity index (χ0) is 21.0. The average Bonchev–Trinajstić information content (AvgIpc) is 2.69. The highest BCUT2D eigenvalue weighted by molar-refractivity contribution is 9.10. The van der Waals surface area contributed by atoms with Gasteiger partial charge in [-0.3, -0.25) is 25.8 Å². The van der Waals surface area contributed by atoms with Gasteiger partial charge in [0.05, 0.1) is 4.92 Å². The molecule has 9 nitrogen and oxygen atoms in total. The maximum Gasteiger partial charge on any atom is 0.355 e. The standard InChI is InChI=1S/C17H11BrF2N6O3/c18-10-3-1-9(2-4-10)17(27)25-24-16-14(26(28)29)15(21-8-22-16)23-11-5-6-12(19)13(20)7-11/h1-8H,(H,25,27)(H2,21,22,23,24). The van der Waals surface area contributed by atoms with Crippen molar-refractivity contribution >= 4 is 44.8 Å². The number of hydrogen-bond donors (Lipinski definition) is 3. The molecule has 3 N–H and O–H groups in total. The highest BCUT2D eigenvalue weighted by Gasteiger charge is 2.24. The number of halogens is 3. The molecule has 1 heterocycles. The number of carbonyl (C=O) groups is 1. The number of amides is 1. The Labute approximate surface area is 170 Å². The first-order valence-electron chi connectivity index (χ1n) is 7.88. The lowest BCUT2D eigenvalue weighted by Crippen LogP contribution is -2.30. The molecule has 1 aromatic heterocycles. The molecule has 0 aliphatic carbocycles. The third kappa shape index (κ3) is 4.79. The molecule has 3 rings (SSSR count). The van der Waals surface area contributed by atoms with Gasteiger partial charge in [-0.25, -0.2) is 18.7 Å². The monoisotopic (exact) mass is 464 g/mol. The predicted octanol–water partition coefficient (Wildman–Crippen LogP) is 3.93.